The van der Waals surface area contributed by atoms with Crippen molar-refractivity contribution in [2.75, 3.05) is 5.73 Å². The van der Waals surface area contributed by atoms with Gasteiger partial charge in [-0.1, -0.05) is 0 Å². The second-order valence-corrected chi connectivity index (χ2v) is 4.74. The highest BCUT2D eigenvalue weighted by atomic mass is 79.9. The Labute approximate surface area is 116 Å². The summed E-state index contributed by atoms with van der Waals surface area (Å²) in [7, 11) is 0. The zero-order valence-electron chi connectivity index (χ0n) is 9.62. The number of rotatable bonds is 3. The van der Waals surface area contributed by atoms with Crippen LogP contribution in [0.15, 0.2) is 39.9 Å². The number of anilines is 1. The third kappa shape index (κ3) is 2.97. The number of nitrogens with two attached hydrogens (primary N) is 1. The molecule has 0 radical (unpaired) electrons. The summed E-state index contributed by atoms with van der Waals surface area (Å²) in [6, 6.07) is 4.48. The zero-order chi connectivity index (χ0) is 14.0. The first-order valence-corrected chi connectivity index (χ1v) is 6.01. The lowest BCUT2D eigenvalue weighted by atomic mass is 10.2. The molecule has 0 spiro atoms. The molecular formula is C11H9BrN4O3. The molecule has 2 aromatic rings. The first-order valence-electron chi connectivity index (χ1n) is 5.22. The second-order valence-electron chi connectivity index (χ2n) is 3.82. The Bertz CT molecular complexity index is 699. The van der Waals surface area contributed by atoms with E-state index in [1.807, 2.05) is 0 Å². The maximum atomic E-state index is 11.9. The summed E-state index contributed by atoms with van der Waals surface area (Å²) in [6.07, 6.45) is 3.01. The van der Waals surface area contributed by atoms with E-state index in [0.29, 0.717) is 10.3 Å². The molecule has 2 heterocycles. The van der Waals surface area contributed by atoms with Crippen LogP contribution >= 0.6 is 15.9 Å². The normalized spacial score (nSPS) is 10.4. The minimum atomic E-state index is -0.704. The monoisotopic (exact) mass is 324 g/mol. The number of hydrogen-bond donors (Lipinski definition) is 1. The van der Waals surface area contributed by atoms with Crippen LogP contribution in [-0.2, 0) is 6.54 Å². The highest BCUT2D eigenvalue weighted by molar-refractivity contribution is 9.10. The Morgan fingerprint density at radius 1 is 1.47 bits per heavy atom. The molecule has 0 aliphatic carbocycles. The fraction of sp³-hybridized carbons (Fsp3) is 0.0909. The molecule has 0 aliphatic heterocycles. The van der Waals surface area contributed by atoms with Gasteiger partial charge >= 0.3 is 11.2 Å². The molecule has 0 aromatic carbocycles. The zero-order valence-corrected chi connectivity index (χ0v) is 11.2. The fourth-order valence-electron chi connectivity index (χ4n) is 1.62. The van der Waals surface area contributed by atoms with Crippen molar-refractivity contribution in [3.8, 4) is 0 Å². The van der Waals surface area contributed by atoms with E-state index in [9.17, 15) is 14.9 Å². The lowest BCUT2D eigenvalue weighted by Crippen LogP contribution is -2.22. The standard InChI is InChI=1S/C11H9BrN4O3/c12-8-4-9(16(18)19)11(17)15(6-8)5-7-1-2-14-10(13)3-7/h1-4,6H,5H2,(H2,13,14). The fourth-order valence-corrected chi connectivity index (χ4v) is 2.09. The van der Waals surface area contributed by atoms with Gasteiger partial charge in [-0.2, -0.15) is 0 Å². The first-order chi connectivity index (χ1) is 8.97. The van der Waals surface area contributed by atoms with Gasteiger partial charge in [-0.05, 0) is 33.6 Å². The highest BCUT2D eigenvalue weighted by Crippen LogP contribution is 2.15. The SMILES string of the molecule is Nc1cc(Cn2cc(Br)cc([N+](=O)[O-])c2=O)ccn1. The molecule has 19 heavy (non-hydrogen) atoms. The average Bonchev–Trinajstić information content (AvgIpc) is 2.33. The van der Waals surface area contributed by atoms with Gasteiger partial charge in [0.05, 0.1) is 11.5 Å². The van der Waals surface area contributed by atoms with Crippen LogP contribution in [0, 0.1) is 10.1 Å². The lowest BCUT2D eigenvalue weighted by molar-refractivity contribution is -0.386. The Hall–Kier alpha value is -2.22. The number of aromatic nitrogens is 2. The quantitative estimate of drug-likeness (QED) is 0.681. The Kier molecular flexibility index (Phi) is 3.61. The lowest BCUT2D eigenvalue weighted by Gasteiger charge is -2.06. The largest absolute Gasteiger partial charge is 0.384 e. The van der Waals surface area contributed by atoms with Crippen LogP contribution in [0.25, 0.3) is 0 Å². The van der Waals surface area contributed by atoms with Crippen LogP contribution < -0.4 is 11.3 Å². The summed E-state index contributed by atoms with van der Waals surface area (Å²) in [6.45, 7) is 0.186. The van der Waals surface area contributed by atoms with Gasteiger partial charge in [0.15, 0.2) is 0 Å². The van der Waals surface area contributed by atoms with Gasteiger partial charge in [-0.25, -0.2) is 4.98 Å². The van der Waals surface area contributed by atoms with Crippen molar-refractivity contribution in [2.24, 2.45) is 0 Å². The van der Waals surface area contributed by atoms with Gasteiger partial charge in [0.2, 0.25) is 0 Å². The molecule has 8 heteroatoms. The predicted octanol–water partition coefficient (Wildman–Crippen LogP) is 1.54. The van der Waals surface area contributed by atoms with Crippen molar-refractivity contribution in [3.63, 3.8) is 0 Å². The molecule has 2 rings (SSSR count). The van der Waals surface area contributed by atoms with Crippen molar-refractivity contribution >= 4 is 27.4 Å². The predicted molar refractivity (Wildman–Crippen MR) is 72.8 cm³/mol. The Morgan fingerprint density at radius 2 is 2.21 bits per heavy atom. The molecule has 0 atom stereocenters. The van der Waals surface area contributed by atoms with E-state index in [2.05, 4.69) is 20.9 Å². The van der Waals surface area contributed by atoms with Crippen LogP contribution in [0.4, 0.5) is 11.5 Å². The molecular weight excluding hydrogens is 316 g/mol. The highest BCUT2D eigenvalue weighted by Gasteiger charge is 2.16. The van der Waals surface area contributed by atoms with Gasteiger partial charge in [0, 0.05) is 22.9 Å². The summed E-state index contributed by atoms with van der Waals surface area (Å²) in [5, 5.41) is 10.8. The van der Waals surface area contributed by atoms with Crippen LogP contribution in [0.3, 0.4) is 0 Å². The van der Waals surface area contributed by atoms with E-state index in [1.165, 1.54) is 23.0 Å². The van der Waals surface area contributed by atoms with E-state index in [-0.39, 0.29) is 6.54 Å². The second kappa shape index (κ2) is 5.19. The molecule has 98 valence electrons. The molecule has 0 amide bonds. The van der Waals surface area contributed by atoms with Crippen molar-refractivity contribution in [1.29, 1.82) is 0 Å². The van der Waals surface area contributed by atoms with Crippen LogP contribution in [-0.4, -0.2) is 14.5 Å². The number of hydrogen-bond acceptors (Lipinski definition) is 5. The van der Waals surface area contributed by atoms with Crippen molar-refractivity contribution in [1.82, 2.24) is 9.55 Å². The third-order valence-electron chi connectivity index (χ3n) is 2.43. The Balaban J connectivity index is 2.46. The summed E-state index contributed by atoms with van der Waals surface area (Å²) >= 11 is 3.14. The van der Waals surface area contributed by atoms with E-state index in [0.717, 1.165) is 5.56 Å². The van der Waals surface area contributed by atoms with Gasteiger partial charge < -0.3 is 10.3 Å². The molecule has 2 N–H and O–H groups in total. The molecule has 7 nitrogen and oxygen atoms in total. The number of pyridine rings is 2. The van der Waals surface area contributed by atoms with Crippen LogP contribution in [0.1, 0.15) is 5.56 Å². The average molecular weight is 325 g/mol. The Morgan fingerprint density at radius 3 is 2.84 bits per heavy atom. The van der Waals surface area contributed by atoms with Crippen LogP contribution in [0.2, 0.25) is 0 Å². The maximum absolute atomic E-state index is 11.9. The van der Waals surface area contributed by atoms with E-state index in [1.54, 1.807) is 12.1 Å². The smallest absolute Gasteiger partial charge is 0.335 e. The van der Waals surface area contributed by atoms with E-state index in [4.69, 9.17) is 5.73 Å². The van der Waals surface area contributed by atoms with E-state index >= 15 is 0 Å². The van der Waals surface area contributed by atoms with E-state index < -0.39 is 16.2 Å². The van der Waals surface area contributed by atoms with Crippen molar-refractivity contribution in [3.05, 3.63) is 61.1 Å². The van der Waals surface area contributed by atoms with Gasteiger partial charge in [0.25, 0.3) is 0 Å². The molecule has 0 fully saturated rings. The molecule has 0 saturated carbocycles. The van der Waals surface area contributed by atoms with Gasteiger partial charge in [-0.3, -0.25) is 14.9 Å². The summed E-state index contributed by atoms with van der Waals surface area (Å²) in [4.78, 5) is 25.8. The number of nitrogens with zero attached hydrogens (tertiary/aromatic N) is 3. The van der Waals surface area contributed by atoms with Gasteiger partial charge in [0.1, 0.15) is 5.82 Å². The number of nitro groups is 1. The summed E-state index contributed by atoms with van der Waals surface area (Å²) in [5.41, 5.74) is 5.14. The minimum Gasteiger partial charge on any atom is -0.384 e. The van der Waals surface area contributed by atoms with Crippen molar-refractivity contribution < 1.29 is 4.92 Å². The summed E-state index contributed by atoms with van der Waals surface area (Å²) < 4.78 is 1.71. The minimum absolute atomic E-state index is 0.186. The van der Waals surface area contributed by atoms with Crippen LogP contribution in [0.5, 0.6) is 0 Å². The molecule has 0 unspecified atom stereocenters. The first kappa shape index (κ1) is 13.2. The topological polar surface area (TPSA) is 104 Å². The molecule has 0 aliphatic rings. The van der Waals surface area contributed by atoms with Crippen molar-refractivity contribution in [2.45, 2.75) is 6.54 Å². The van der Waals surface area contributed by atoms with Gasteiger partial charge in [-0.15, -0.1) is 0 Å². The number of halogens is 1. The summed E-state index contributed by atoms with van der Waals surface area (Å²) in [5.74, 6) is 0.329. The maximum Gasteiger partial charge on any atom is 0.335 e. The molecule has 0 saturated heterocycles. The third-order valence-corrected chi connectivity index (χ3v) is 2.86. The molecule has 0 bridgehead atoms. The number of nitrogen functional groups attached to an aromatic ring is 1. The molecule has 2 aromatic heterocycles.